The van der Waals surface area contributed by atoms with Crippen LogP contribution in [0.25, 0.3) is 55.6 Å². The number of furan rings is 1. The third-order valence-electron chi connectivity index (χ3n) is 8.68. The van der Waals surface area contributed by atoms with Crippen molar-refractivity contribution in [2.75, 3.05) is 0 Å². The first kappa shape index (κ1) is 29.4. The van der Waals surface area contributed by atoms with E-state index in [1.165, 1.54) is 0 Å². The van der Waals surface area contributed by atoms with E-state index in [0.717, 1.165) is 49.5 Å². The van der Waals surface area contributed by atoms with Crippen LogP contribution in [-0.2, 0) is 39.2 Å². The standard InChI is InChI=1S/C27H20NO.C19H26NSi.Ir/c1-2-7-18(8-3-1)20-13-14-22-23-11-6-12-24(27(23)29-25(22)17-20)26-21-10-5-4-9-19(21)15-16-28-26;1-19(2,3)13-16-12-17(15-10-8-7-9-11-15)20-14-18(16)21(4,5)6;/h1-3,6-8,11,13-17H,4-5,9-10H2;7-10,12,14H,13H2,1-6H3;/q2*-1;/i9D2,10D2;13D2;. The van der Waals surface area contributed by atoms with Gasteiger partial charge in [0.2, 0.25) is 0 Å². The van der Waals surface area contributed by atoms with Gasteiger partial charge in [0.15, 0.2) is 0 Å². The second-order valence-corrected chi connectivity index (χ2v) is 19.8. The average Bonchev–Trinajstić information content (AvgIpc) is 3.55. The average molecular weight is 869 g/mol. The van der Waals surface area contributed by atoms with Crippen LogP contribution in [0.1, 0.15) is 58.5 Å². The van der Waals surface area contributed by atoms with E-state index in [-0.39, 0.29) is 32.9 Å². The van der Waals surface area contributed by atoms with Gasteiger partial charge >= 0.3 is 0 Å². The molecule has 0 spiro atoms. The molecule has 1 radical (unpaired) electrons. The largest absolute Gasteiger partial charge is 0.501 e. The van der Waals surface area contributed by atoms with E-state index in [2.05, 4.69) is 59.9 Å². The Hall–Kier alpha value is -4.15. The molecule has 0 bridgehead atoms. The second kappa shape index (κ2) is 15.2. The van der Waals surface area contributed by atoms with Gasteiger partial charge in [0, 0.05) is 46.1 Å². The van der Waals surface area contributed by atoms with Crippen LogP contribution in [0.15, 0.2) is 114 Å². The molecule has 0 amide bonds. The summed E-state index contributed by atoms with van der Waals surface area (Å²) in [7, 11) is -1.70. The minimum atomic E-state index is -1.70. The van der Waals surface area contributed by atoms with Crippen LogP contribution < -0.4 is 5.19 Å². The predicted molar refractivity (Wildman–Crippen MR) is 213 cm³/mol. The van der Waals surface area contributed by atoms with E-state index in [1.54, 1.807) is 18.3 Å². The maximum atomic E-state index is 8.75. The molecular formula is C46H46IrN2OSi-2. The molecule has 0 N–H and O–H groups in total. The van der Waals surface area contributed by atoms with Crippen LogP contribution in [0.2, 0.25) is 19.6 Å². The number of hydrogen-bond donors (Lipinski definition) is 0. The summed E-state index contributed by atoms with van der Waals surface area (Å²) in [5.74, 6) is 0. The quantitative estimate of drug-likeness (QED) is 0.128. The normalized spacial score (nSPS) is 16.9. The van der Waals surface area contributed by atoms with Crippen LogP contribution in [0.5, 0.6) is 0 Å². The number of aryl methyl sites for hydroxylation is 1. The Kier molecular flexibility index (Phi) is 8.78. The monoisotopic (exact) mass is 869 g/mol. The summed E-state index contributed by atoms with van der Waals surface area (Å²) < 4.78 is 58.0. The van der Waals surface area contributed by atoms with E-state index < -0.39 is 32.6 Å². The van der Waals surface area contributed by atoms with Crippen LogP contribution in [0.4, 0.5) is 0 Å². The van der Waals surface area contributed by atoms with Gasteiger partial charge in [-0.1, -0.05) is 117 Å². The predicted octanol–water partition coefficient (Wildman–Crippen LogP) is 11.7. The van der Waals surface area contributed by atoms with Crippen molar-refractivity contribution in [3.05, 3.63) is 138 Å². The molecule has 0 unspecified atom stereocenters. The summed E-state index contributed by atoms with van der Waals surface area (Å²) in [6.45, 7) is 12.6. The molecular weight excluding hydrogens is 817 g/mol. The first-order valence-electron chi connectivity index (χ1n) is 20.2. The smallest absolute Gasteiger partial charge is 0.121 e. The van der Waals surface area contributed by atoms with Crippen molar-refractivity contribution in [1.82, 2.24) is 9.97 Å². The summed E-state index contributed by atoms with van der Waals surface area (Å²) in [4.78, 5) is 9.12. The SMILES string of the molecule is [2H]C([2H])(c1cc(-c2[c-]cccc2)ncc1[Si](C)(C)C)C(C)(C)C.[2H]C1([2H])CCC([2H])([2H])c2c1ccnc2-c1[c-]ccc2c1oc1cc(-c3ccccc3)ccc12.[Ir]. The van der Waals surface area contributed by atoms with Crippen LogP contribution >= 0.6 is 0 Å². The zero-order valence-electron chi connectivity index (χ0n) is 35.9. The van der Waals surface area contributed by atoms with E-state index in [9.17, 15) is 0 Å². The van der Waals surface area contributed by atoms with Crippen molar-refractivity contribution in [2.45, 2.75) is 72.4 Å². The number of pyridine rings is 2. The molecule has 51 heavy (non-hydrogen) atoms. The van der Waals surface area contributed by atoms with E-state index in [1.807, 2.05) is 93.7 Å². The Morgan fingerprint density at radius 3 is 2.35 bits per heavy atom. The van der Waals surface area contributed by atoms with Crippen molar-refractivity contribution in [3.63, 3.8) is 0 Å². The molecule has 5 heteroatoms. The van der Waals surface area contributed by atoms with Gasteiger partial charge < -0.3 is 14.4 Å². The van der Waals surface area contributed by atoms with Crippen molar-refractivity contribution in [1.29, 1.82) is 0 Å². The molecule has 8 rings (SSSR count). The van der Waals surface area contributed by atoms with Crippen LogP contribution in [0.3, 0.4) is 0 Å². The summed E-state index contributed by atoms with van der Waals surface area (Å²) in [5.41, 5.74) is 7.07. The maximum absolute atomic E-state index is 8.75. The van der Waals surface area contributed by atoms with Gasteiger partial charge in [0.05, 0.1) is 13.7 Å². The molecule has 0 atom stereocenters. The molecule has 0 aliphatic heterocycles. The van der Waals surface area contributed by atoms with Gasteiger partial charge in [-0.05, 0) is 77.2 Å². The minimum absolute atomic E-state index is 0. The molecule has 0 saturated carbocycles. The fourth-order valence-electron chi connectivity index (χ4n) is 6.35. The maximum Gasteiger partial charge on any atom is 0.121 e. The Labute approximate surface area is 326 Å². The van der Waals surface area contributed by atoms with Crippen LogP contribution in [-0.4, -0.2) is 18.0 Å². The molecule has 261 valence electrons. The first-order valence-corrected chi connectivity index (χ1v) is 20.7. The van der Waals surface area contributed by atoms with Gasteiger partial charge in [0.1, 0.15) is 5.58 Å². The molecule has 3 heterocycles. The van der Waals surface area contributed by atoms with Gasteiger partial charge in [-0.25, -0.2) is 0 Å². The topological polar surface area (TPSA) is 38.9 Å². The van der Waals surface area contributed by atoms with Gasteiger partial charge in [-0.3, -0.25) is 0 Å². The minimum Gasteiger partial charge on any atom is -0.501 e. The van der Waals surface area contributed by atoms with Crippen molar-refractivity contribution in [2.24, 2.45) is 5.41 Å². The number of benzene rings is 4. The molecule has 1 aliphatic rings. The molecule has 0 saturated heterocycles. The molecule has 4 aromatic carbocycles. The van der Waals surface area contributed by atoms with E-state index in [4.69, 9.17) is 12.6 Å². The third-order valence-corrected chi connectivity index (χ3v) is 10.7. The van der Waals surface area contributed by atoms with Crippen molar-refractivity contribution >= 4 is 35.2 Å². The molecule has 3 aromatic heterocycles. The number of nitrogens with zero attached hydrogens (tertiary/aromatic N) is 2. The number of hydrogen-bond acceptors (Lipinski definition) is 3. The van der Waals surface area contributed by atoms with Gasteiger partial charge in [-0.15, -0.1) is 54.1 Å². The first-order chi connectivity index (χ1) is 26.3. The number of rotatable bonds is 5. The molecule has 7 aromatic rings. The Morgan fingerprint density at radius 1 is 0.824 bits per heavy atom. The summed E-state index contributed by atoms with van der Waals surface area (Å²) in [5, 5.41) is 2.96. The van der Waals surface area contributed by atoms with E-state index >= 15 is 0 Å². The second-order valence-electron chi connectivity index (χ2n) is 14.7. The zero-order chi connectivity index (χ0) is 40.3. The summed E-state index contributed by atoms with van der Waals surface area (Å²) in [6.07, 6.45) is -1.04. The summed E-state index contributed by atoms with van der Waals surface area (Å²) >= 11 is 0. The fourth-order valence-corrected chi connectivity index (χ4v) is 7.74. The summed E-state index contributed by atoms with van der Waals surface area (Å²) in [6, 6.07) is 37.6. The molecule has 0 fully saturated rings. The molecule has 1 aliphatic carbocycles. The van der Waals surface area contributed by atoms with Gasteiger partial charge in [-0.2, -0.15) is 0 Å². The third kappa shape index (κ3) is 8.17. The Balaban J connectivity index is 0.000000203. The number of aromatic nitrogens is 2. The van der Waals surface area contributed by atoms with Crippen molar-refractivity contribution in [3.8, 4) is 33.6 Å². The number of fused-ring (bicyclic) bond motifs is 4. The molecule has 3 nitrogen and oxygen atoms in total. The zero-order valence-corrected chi connectivity index (χ0v) is 33.3. The van der Waals surface area contributed by atoms with Gasteiger partial charge in [0.25, 0.3) is 0 Å². The van der Waals surface area contributed by atoms with Crippen molar-refractivity contribution < 1.29 is 32.7 Å². The Bertz CT molecular complexity index is 2550. The van der Waals surface area contributed by atoms with Crippen LogP contribution in [0, 0.1) is 17.5 Å². The fraction of sp³-hybridized carbons (Fsp3) is 0.261. The Morgan fingerprint density at radius 2 is 1.61 bits per heavy atom. The van der Waals surface area contributed by atoms with E-state index in [0.29, 0.717) is 28.0 Å².